The highest BCUT2D eigenvalue weighted by atomic mass is 16.5. The van der Waals surface area contributed by atoms with E-state index in [1.165, 1.54) is 27.6 Å². The van der Waals surface area contributed by atoms with E-state index in [9.17, 15) is 0 Å². The Kier molecular flexibility index (Phi) is 3.79. The van der Waals surface area contributed by atoms with Gasteiger partial charge < -0.3 is 14.5 Å². The van der Waals surface area contributed by atoms with Gasteiger partial charge in [0.15, 0.2) is 0 Å². The number of rotatable bonds is 4. The second-order valence-electron chi connectivity index (χ2n) is 6.82. The zero-order chi connectivity index (χ0) is 17.4. The van der Waals surface area contributed by atoms with Gasteiger partial charge in [-0.15, -0.1) is 0 Å². The Morgan fingerprint density at radius 1 is 0.960 bits per heavy atom. The molecule has 1 aliphatic carbocycles. The molecule has 128 valence electrons. The molecule has 0 amide bonds. The van der Waals surface area contributed by atoms with Crippen LogP contribution >= 0.6 is 0 Å². The van der Waals surface area contributed by atoms with Crippen molar-refractivity contribution < 1.29 is 9.47 Å². The van der Waals surface area contributed by atoms with Gasteiger partial charge in [0.05, 0.1) is 19.6 Å². The highest BCUT2D eigenvalue weighted by Gasteiger charge is 2.41. The number of methoxy groups -OCH3 is 2. The van der Waals surface area contributed by atoms with Gasteiger partial charge in [-0.1, -0.05) is 30.3 Å². The second-order valence-corrected chi connectivity index (χ2v) is 6.82. The minimum atomic E-state index is -0.121. The Bertz CT molecular complexity index is 936. The third-order valence-electron chi connectivity index (χ3n) is 5.48. The fourth-order valence-corrected chi connectivity index (χ4v) is 4.14. The van der Waals surface area contributed by atoms with Crippen molar-refractivity contribution in [3.63, 3.8) is 0 Å². The SMILES string of the molecule is COC1=C(c2ccc(OC)cc2)CCC1(C)c1c[nH]c2ccccc12. The van der Waals surface area contributed by atoms with Gasteiger partial charge in [0.2, 0.25) is 0 Å². The van der Waals surface area contributed by atoms with Crippen molar-refractivity contribution in [1.82, 2.24) is 4.98 Å². The number of aromatic amines is 1. The van der Waals surface area contributed by atoms with Crippen LogP contribution in [0.2, 0.25) is 0 Å². The minimum Gasteiger partial charge on any atom is -0.500 e. The Morgan fingerprint density at radius 3 is 2.44 bits per heavy atom. The van der Waals surface area contributed by atoms with Gasteiger partial charge in [0, 0.05) is 17.1 Å². The van der Waals surface area contributed by atoms with Crippen molar-refractivity contribution in [2.24, 2.45) is 0 Å². The van der Waals surface area contributed by atoms with Crippen LogP contribution in [0.4, 0.5) is 0 Å². The van der Waals surface area contributed by atoms with Crippen LogP contribution in [0.5, 0.6) is 5.75 Å². The topological polar surface area (TPSA) is 34.2 Å². The first-order valence-corrected chi connectivity index (χ1v) is 8.66. The van der Waals surface area contributed by atoms with Crippen LogP contribution in [0.1, 0.15) is 30.9 Å². The summed E-state index contributed by atoms with van der Waals surface area (Å²) in [6.45, 7) is 2.29. The van der Waals surface area contributed by atoms with Crippen molar-refractivity contribution >= 4 is 16.5 Å². The number of nitrogens with one attached hydrogen (secondary N) is 1. The second kappa shape index (κ2) is 5.99. The fraction of sp³-hybridized carbons (Fsp3) is 0.273. The maximum atomic E-state index is 5.96. The number of aromatic nitrogens is 1. The highest BCUT2D eigenvalue weighted by Crippen LogP contribution is 2.50. The van der Waals surface area contributed by atoms with E-state index in [0.717, 1.165) is 24.4 Å². The van der Waals surface area contributed by atoms with Crippen LogP contribution in [0.15, 0.2) is 60.5 Å². The molecule has 1 heterocycles. The van der Waals surface area contributed by atoms with Gasteiger partial charge >= 0.3 is 0 Å². The van der Waals surface area contributed by atoms with Crippen molar-refractivity contribution in [3.8, 4) is 5.75 Å². The maximum Gasteiger partial charge on any atom is 0.118 e. The number of H-pyrrole nitrogens is 1. The van der Waals surface area contributed by atoms with Crippen LogP contribution in [-0.4, -0.2) is 19.2 Å². The summed E-state index contributed by atoms with van der Waals surface area (Å²) >= 11 is 0. The fourth-order valence-electron chi connectivity index (χ4n) is 4.14. The van der Waals surface area contributed by atoms with Crippen LogP contribution in [0.25, 0.3) is 16.5 Å². The van der Waals surface area contributed by atoms with Crippen LogP contribution in [0, 0.1) is 0 Å². The Morgan fingerprint density at radius 2 is 1.72 bits per heavy atom. The van der Waals surface area contributed by atoms with Crippen molar-refractivity contribution in [2.75, 3.05) is 14.2 Å². The number of benzene rings is 2. The summed E-state index contributed by atoms with van der Waals surface area (Å²) in [7, 11) is 3.48. The highest BCUT2D eigenvalue weighted by molar-refractivity contribution is 5.86. The van der Waals surface area contributed by atoms with Crippen molar-refractivity contribution in [2.45, 2.75) is 25.2 Å². The van der Waals surface area contributed by atoms with Crippen LogP contribution in [0.3, 0.4) is 0 Å². The zero-order valence-corrected chi connectivity index (χ0v) is 14.9. The molecular weight excluding hydrogens is 310 g/mol. The third kappa shape index (κ3) is 2.42. The molecule has 4 rings (SSSR count). The van der Waals surface area contributed by atoms with Crippen molar-refractivity contribution in [3.05, 3.63) is 71.6 Å². The van der Waals surface area contributed by atoms with Crippen LogP contribution < -0.4 is 4.74 Å². The van der Waals surface area contributed by atoms with E-state index in [1.807, 2.05) is 12.1 Å². The molecule has 2 aromatic carbocycles. The first kappa shape index (κ1) is 15.8. The maximum absolute atomic E-state index is 5.96. The summed E-state index contributed by atoms with van der Waals surface area (Å²) in [4.78, 5) is 3.41. The number of hydrogen-bond acceptors (Lipinski definition) is 2. The number of allylic oxidation sites excluding steroid dienone is 2. The van der Waals surface area contributed by atoms with E-state index >= 15 is 0 Å². The number of ether oxygens (including phenoxy) is 2. The number of fused-ring (bicyclic) bond motifs is 1. The predicted molar refractivity (Wildman–Crippen MR) is 102 cm³/mol. The lowest BCUT2D eigenvalue weighted by Crippen LogP contribution is -2.22. The summed E-state index contributed by atoms with van der Waals surface area (Å²) < 4.78 is 11.2. The molecule has 3 nitrogen and oxygen atoms in total. The van der Waals surface area contributed by atoms with Gasteiger partial charge in [0.1, 0.15) is 11.5 Å². The normalized spacial score (nSPS) is 20.3. The molecule has 0 aliphatic heterocycles. The molecule has 3 aromatic rings. The van der Waals surface area contributed by atoms with E-state index in [4.69, 9.17) is 9.47 Å². The zero-order valence-electron chi connectivity index (χ0n) is 14.9. The molecule has 1 aliphatic rings. The Hall–Kier alpha value is -2.68. The Labute approximate surface area is 148 Å². The van der Waals surface area contributed by atoms with E-state index < -0.39 is 0 Å². The van der Waals surface area contributed by atoms with Gasteiger partial charge in [-0.2, -0.15) is 0 Å². The van der Waals surface area contributed by atoms with Gasteiger partial charge in [0.25, 0.3) is 0 Å². The predicted octanol–water partition coefficient (Wildman–Crippen LogP) is 5.29. The number of hydrogen-bond donors (Lipinski definition) is 1. The molecule has 0 fully saturated rings. The van der Waals surface area contributed by atoms with Gasteiger partial charge in [-0.05, 0) is 54.7 Å². The average molecular weight is 333 g/mol. The van der Waals surface area contributed by atoms with Crippen molar-refractivity contribution in [1.29, 1.82) is 0 Å². The molecule has 0 saturated heterocycles. The molecule has 1 aromatic heterocycles. The molecule has 0 spiro atoms. The van der Waals surface area contributed by atoms with E-state index in [2.05, 4.69) is 54.5 Å². The molecular formula is C22H23NO2. The van der Waals surface area contributed by atoms with E-state index in [0.29, 0.717) is 0 Å². The monoisotopic (exact) mass is 333 g/mol. The average Bonchev–Trinajstić information content (AvgIpc) is 3.23. The molecule has 3 heteroatoms. The smallest absolute Gasteiger partial charge is 0.118 e. The van der Waals surface area contributed by atoms with E-state index in [1.54, 1.807) is 14.2 Å². The van der Waals surface area contributed by atoms with Gasteiger partial charge in [-0.3, -0.25) is 0 Å². The summed E-state index contributed by atoms with van der Waals surface area (Å²) in [5, 5.41) is 1.27. The molecule has 0 bridgehead atoms. The molecule has 25 heavy (non-hydrogen) atoms. The largest absolute Gasteiger partial charge is 0.500 e. The molecule has 1 atom stereocenters. The first-order chi connectivity index (χ1) is 12.2. The summed E-state index contributed by atoms with van der Waals surface area (Å²) in [5.74, 6) is 1.95. The summed E-state index contributed by atoms with van der Waals surface area (Å²) in [5.41, 5.74) is 4.86. The minimum absolute atomic E-state index is 0.121. The lowest BCUT2D eigenvalue weighted by molar-refractivity contribution is 0.236. The molecule has 0 radical (unpaired) electrons. The third-order valence-corrected chi connectivity index (χ3v) is 5.48. The lowest BCUT2D eigenvalue weighted by Gasteiger charge is -2.27. The van der Waals surface area contributed by atoms with Crippen LogP contribution in [-0.2, 0) is 10.2 Å². The summed E-state index contributed by atoms with van der Waals surface area (Å²) in [6, 6.07) is 16.7. The van der Waals surface area contributed by atoms with Gasteiger partial charge in [-0.25, -0.2) is 0 Å². The summed E-state index contributed by atoms with van der Waals surface area (Å²) in [6.07, 6.45) is 4.19. The molecule has 0 saturated carbocycles. The van der Waals surface area contributed by atoms with E-state index in [-0.39, 0.29) is 5.41 Å². The quantitative estimate of drug-likeness (QED) is 0.704. The number of para-hydroxylation sites is 1. The Balaban J connectivity index is 1.83. The lowest BCUT2D eigenvalue weighted by atomic mass is 9.80. The molecule has 1 N–H and O–H groups in total. The first-order valence-electron chi connectivity index (χ1n) is 8.66. The standard InChI is InChI=1S/C22H23NO2/c1-22(19-14-23-20-7-5-4-6-18(19)20)13-12-17(21(22)25-3)15-8-10-16(24-2)11-9-15/h4-11,14,23H,12-13H2,1-3H3. The molecule has 1 unspecified atom stereocenters.